The van der Waals surface area contributed by atoms with E-state index in [1.54, 1.807) is 37.3 Å². The van der Waals surface area contributed by atoms with Crippen LogP contribution in [0.4, 0.5) is 36.4 Å². The van der Waals surface area contributed by atoms with Gasteiger partial charge < -0.3 is 5.32 Å². The number of hydrogen-bond donors (Lipinski definition) is 1. The van der Waals surface area contributed by atoms with E-state index in [2.05, 4.69) is 10.3 Å². The molecule has 0 spiro atoms. The van der Waals surface area contributed by atoms with E-state index in [1.165, 1.54) is 12.3 Å². The molecule has 0 fully saturated rings. The van der Waals surface area contributed by atoms with Crippen molar-refractivity contribution < 1.29 is 30.7 Å². The van der Waals surface area contributed by atoms with Crippen molar-refractivity contribution in [3.8, 4) is 11.1 Å². The smallest absolute Gasteiger partial charge is 0.381 e. The third-order valence-electron chi connectivity index (χ3n) is 5.40. The summed E-state index contributed by atoms with van der Waals surface area (Å²) in [6.45, 7) is 1.41. The van der Waals surface area contributed by atoms with Gasteiger partial charge in [-0.25, -0.2) is 4.39 Å². The van der Waals surface area contributed by atoms with E-state index in [-0.39, 0.29) is 17.6 Å². The minimum atomic E-state index is -4.64. The van der Waals surface area contributed by atoms with E-state index in [4.69, 9.17) is 0 Å². The van der Waals surface area contributed by atoms with Crippen LogP contribution in [0.3, 0.4) is 0 Å². The van der Waals surface area contributed by atoms with Crippen LogP contribution in [0.25, 0.3) is 22.0 Å². The minimum Gasteiger partial charge on any atom is -0.381 e. The number of fused-ring (bicyclic) bond motifs is 1. The lowest BCUT2D eigenvalue weighted by atomic mass is 9.95. The fraction of sp³-hybridized carbons (Fsp3) is 0.160. The first-order valence-corrected chi connectivity index (χ1v) is 10.1. The standard InChI is InChI=1S/C25H17F7N2/c1-14-12-34-23-19(6-3-7-21(23)25(30,31)32)22(14)15-4-2-5-18(11-15)33-13-16-10-17(26)8-9-20(16)24(27,28)29/h2-12,33H,13H2,1H3. The van der Waals surface area contributed by atoms with Crippen LogP contribution in [0.2, 0.25) is 0 Å². The largest absolute Gasteiger partial charge is 0.418 e. The molecule has 0 atom stereocenters. The van der Waals surface area contributed by atoms with Gasteiger partial charge in [-0.15, -0.1) is 0 Å². The van der Waals surface area contributed by atoms with Crippen molar-refractivity contribution >= 4 is 16.6 Å². The van der Waals surface area contributed by atoms with Crippen molar-refractivity contribution in [2.24, 2.45) is 0 Å². The quantitative estimate of drug-likeness (QED) is 0.301. The monoisotopic (exact) mass is 478 g/mol. The number of aromatic nitrogens is 1. The van der Waals surface area contributed by atoms with Crippen molar-refractivity contribution in [3.05, 3.63) is 94.9 Å². The number of pyridine rings is 1. The highest BCUT2D eigenvalue weighted by atomic mass is 19.4. The molecule has 4 aromatic rings. The zero-order valence-corrected chi connectivity index (χ0v) is 17.7. The van der Waals surface area contributed by atoms with Gasteiger partial charge in [0.15, 0.2) is 0 Å². The van der Waals surface area contributed by atoms with Crippen LogP contribution < -0.4 is 5.32 Å². The Bertz CT molecular complexity index is 1360. The molecule has 0 bridgehead atoms. The van der Waals surface area contributed by atoms with Gasteiger partial charge in [-0.3, -0.25) is 4.98 Å². The second-order valence-electron chi connectivity index (χ2n) is 7.75. The molecular weight excluding hydrogens is 461 g/mol. The van der Waals surface area contributed by atoms with Crippen molar-refractivity contribution in [2.45, 2.75) is 25.8 Å². The number of para-hydroxylation sites is 1. The number of anilines is 1. The van der Waals surface area contributed by atoms with Gasteiger partial charge in [0.25, 0.3) is 0 Å². The number of aryl methyl sites for hydroxylation is 1. The third-order valence-corrected chi connectivity index (χ3v) is 5.40. The molecule has 4 rings (SSSR count). The molecule has 0 radical (unpaired) electrons. The van der Waals surface area contributed by atoms with Crippen molar-refractivity contribution in [2.75, 3.05) is 5.32 Å². The zero-order chi connectivity index (χ0) is 24.7. The lowest BCUT2D eigenvalue weighted by Gasteiger charge is -2.16. The summed E-state index contributed by atoms with van der Waals surface area (Å²) in [5.41, 5.74) is -0.119. The predicted molar refractivity (Wildman–Crippen MR) is 116 cm³/mol. The molecule has 1 heterocycles. The first-order valence-electron chi connectivity index (χ1n) is 10.1. The Morgan fingerprint density at radius 3 is 2.24 bits per heavy atom. The Morgan fingerprint density at radius 1 is 0.824 bits per heavy atom. The van der Waals surface area contributed by atoms with Gasteiger partial charge in [-0.1, -0.05) is 24.3 Å². The Labute approximate surface area is 190 Å². The number of halogens is 7. The summed E-state index contributed by atoms with van der Waals surface area (Å²) in [6, 6.07) is 12.6. The van der Waals surface area contributed by atoms with Gasteiger partial charge in [0.05, 0.1) is 16.6 Å². The van der Waals surface area contributed by atoms with E-state index in [0.29, 0.717) is 33.8 Å². The number of nitrogens with zero attached hydrogens (tertiary/aromatic N) is 1. The van der Waals surface area contributed by atoms with Crippen LogP contribution in [0.5, 0.6) is 0 Å². The van der Waals surface area contributed by atoms with Crippen molar-refractivity contribution in [1.29, 1.82) is 0 Å². The molecule has 1 N–H and O–H groups in total. The summed E-state index contributed by atoms with van der Waals surface area (Å²) in [7, 11) is 0. The van der Waals surface area contributed by atoms with E-state index in [0.717, 1.165) is 18.2 Å². The molecule has 0 aliphatic rings. The lowest BCUT2D eigenvalue weighted by Crippen LogP contribution is -2.12. The zero-order valence-electron chi connectivity index (χ0n) is 17.7. The molecule has 3 aromatic carbocycles. The predicted octanol–water partition coefficient (Wildman–Crippen LogP) is 8.00. The van der Waals surface area contributed by atoms with E-state index >= 15 is 0 Å². The molecule has 0 unspecified atom stereocenters. The molecular formula is C25H17F7N2. The molecule has 0 aliphatic carbocycles. The number of hydrogen-bond acceptors (Lipinski definition) is 2. The number of rotatable bonds is 4. The Balaban J connectivity index is 1.73. The van der Waals surface area contributed by atoms with E-state index in [9.17, 15) is 30.7 Å². The van der Waals surface area contributed by atoms with Crippen LogP contribution >= 0.6 is 0 Å². The number of nitrogens with one attached hydrogen (secondary N) is 1. The second-order valence-corrected chi connectivity index (χ2v) is 7.75. The Kier molecular flexibility index (Phi) is 5.97. The average molecular weight is 478 g/mol. The van der Waals surface area contributed by atoms with Gasteiger partial charge in [-0.05, 0) is 65.6 Å². The minimum absolute atomic E-state index is 0.191. The molecule has 34 heavy (non-hydrogen) atoms. The second kappa shape index (κ2) is 8.62. The molecule has 0 saturated carbocycles. The van der Waals surface area contributed by atoms with Gasteiger partial charge in [-0.2, -0.15) is 26.3 Å². The van der Waals surface area contributed by atoms with Crippen LogP contribution in [0.15, 0.2) is 66.9 Å². The maximum Gasteiger partial charge on any atom is 0.418 e. The maximum absolute atomic E-state index is 13.6. The Hall–Kier alpha value is -3.62. The van der Waals surface area contributed by atoms with Crippen molar-refractivity contribution in [3.63, 3.8) is 0 Å². The highest BCUT2D eigenvalue weighted by Crippen LogP contribution is 2.39. The van der Waals surface area contributed by atoms with Crippen LogP contribution in [0, 0.1) is 12.7 Å². The maximum atomic E-state index is 13.6. The molecule has 0 amide bonds. The average Bonchev–Trinajstić information content (AvgIpc) is 2.76. The van der Waals surface area contributed by atoms with Gasteiger partial charge >= 0.3 is 12.4 Å². The topological polar surface area (TPSA) is 24.9 Å². The molecule has 1 aromatic heterocycles. The fourth-order valence-electron chi connectivity index (χ4n) is 3.90. The summed E-state index contributed by atoms with van der Waals surface area (Å²) in [5.74, 6) is -0.794. The summed E-state index contributed by atoms with van der Waals surface area (Å²) in [6.07, 6.45) is -7.87. The summed E-state index contributed by atoms with van der Waals surface area (Å²) >= 11 is 0. The van der Waals surface area contributed by atoms with Crippen LogP contribution in [-0.4, -0.2) is 4.98 Å². The fourth-order valence-corrected chi connectivity index (χ4v) is 3.90. The van der Waals surface area contributed by atoms with Crippen molar-refractivity contribution in [1.82, 2.24) is 4.98 Å². The van der Waals surface area contributed by atoms with Gasteiger partial charge in [0.1, 0.15) is 5.82 Å². The van der Waals surface area contributed by atoms with Crippen LogP contribution in [0.1, 0.15) is 22.3 Å². The van der Waals surface area contributed by atoms with E-state index in [1.807, 2.05) is 0 Å². The normalized spacial score (nSPS) is 12.2. The number of alkyl halides is 6. The molecule has 0 aliphatic heterocycles. The molecule has 176 valence electrons. The van der Waals surface area contributed by atoms with Crippen LogP contribution in [-0.2, 0) is 18.9 Å². The Morgan fingerprint density at radius 2 is 1.53 bits per heavy atom. The summed E-state index contributed by atoms with van der Waals surface area (Å²) < 4.78 is 93.8. The molecule has 0 saturated heterocycles. The highest BCUT2D eigenvalue weighted by Gasteiger charge is 2.34. The van der Waals surface area contributed by atoms with Gasteiger partial charge in [0.2, 0.25) is 0 Å². The van der Waals surface area contributed by atoms with E-state index < -0.39 is 29.3 Å². The summed E-state index contributed by atoms with van der Waals surface area (Å²) in [4.78, 5) is 3.99. The third kappa shape index (κ3) is 4.69. The molecule has 2 nitrogen and oxygen atoms in total. The first kappa shape index (κ1) is 23.5. The number of benzene rings is 3. The SMILES string of the molecule is Cc1cnc2c(C(F)(F)F)cccc2c1-c1cccc(NCc2cc(F)ccc2C(F)(F)F)c1. The highest BCUT2D eigenvalue weighted by molar-refractivity contribution is 5.98. The van der Waals surface area contributed by atoms with Gasteiger partial charge in [0, 0.05) is 23.8 Å². The summed E-state index contributed by atoms with van der Waals surface area (Å²) in [5, 5.41) is 3.15. The lowest BCUT2D eigenvalue weighted by molar-refractivity contribution is -0.138. The molecule has 9 heteroatoms. The first-order chi connectivity index (χ1) is 15.9.